The minimum absolute atomic E-state index is 0.0369. The fourth-order valence-electron chi connectivity index (χ4n) is 0.855. The molecule has 0 aliphatic heterocycles. The molecule has 4 nitrogen and oxygen atoms in total. The molecule has 1 radical (unpaired) electrons. The summed E-state index contributed by atoms with van der Waals surface area (Å²) in [6.07, 6.45) is 3.98. The van der Waals surface area contributed by atoms with Crippen molar-refractivity contribution in [1.29, 1.82) is 0 Å². The number of rotatable bonds is 3. The van der Waals surface area contributed by atoms with E-state index in [0.717, 1.165) is 12.1 Å². The maximum absolute atomic E-state index is 10.2. The van der Waals surface area contributed by atoms with Crippen LogP contribution in [0.25, 0.3) is 0 Å². The second-order valence-electron chi connectivity index (χ2n) is 2.38. The first-order valence-corrected chi connectivity index (χ1v) is 3.61. The van der Waals surface area contributed by atoms with Crippen molar-refractivity contribution in [3.63, 3.8) is 0 Å². The van der Waals surface area contributed by atoms with Crippen molar-refractivity contribution in [1.82, 2.24) is 4.98 Å². The molecule has 63 valence electrons. The zero-order chi connectivity index (χ0) is 8.97. The molecule has 0 N–H and O–H groups in total. The molecular weight excluding hydrogens is 156 g/mol. The first kappa shape index (κ1) is 8.64. The van der Waals surface area contributed by atoms with Gasteiger partial charge in [-0.15, -0.1) is 0 Å². The molecule has 0 aromatic carbocycles. The van der Waals surface area contributed by atoms with Crippen molar-refractivity contribution in [2.45, 2.75) is 13.3 Å². The van der Waals surface area contributed by atoms with Crippen LogP contribution < -0.4 is 0 Å². The maximum Gasteiger partial charge on any atom is 0.287 e. The van der Waals surface area contributed by atoms with E-state index in [1.165, 1.54) is 12.3 Å². The molecular formula is C8H9N2O2. The van der Waals surface area contributed by atoms with Crippen LogP contribution >= 0.6 is 0 Å². The lowest BCUT2D eigenvalue weighted by molar-refractivity contribution is -0.385. The smallest absolute Gasteiger partial charge is 0.258 e. The lowest BCUT2D eigenvalue weighted by Crippen LogP contribution is -1.92. The van der Waals surface area contributed by atoms with E-state index in [-0.39, 0.29) is 5.69 Å². The predicted octanol–water partition coefficient (Wildman–Crippen LogP) is 1.76. The molecule has 0 aliphatic carbocycles. The number of aromatic nitrogens is 1. The van der Waals surface area contributed by atoms with Crippen LogP contribution in [0.1, 0.15) is 12.6 Å². The van der Waals surface area contributed by atoms with Gasteiger partial charge in [0.2, 0.25) is 0 Å². The van der Waals surface area contributed by atoms with Crippen LogP contribution in [0.5, 0.6) is 0 Å². The van der Waals surface area contributed by atoms with Gasteiger partial charge in [-0.2, -0.15) is 0 Å². The third kappa shape index (κ3) is 2.02. The summed E-state index contributed by atoms with van der Waals surface area (Å²) in [7, 11) is 0. The van der Waals surface area contributed by atoms with E-state index in [1.54, 1.807) is 6.07 Å². The summed E-state index contributed by atoms with van der Waals surface area (Å²) in [6.45, 7) is 1.92. The Labute approximate surface area is 70.4 Å². The molecule has 0 unspecified atom stereocenters. The van der Waals surface area contributed by atoms with Gasteiger partial charge in [0, 0.05) is 11.8 Å². The van der Waals surface area contributed by atoms with Crippen LogP contribution in [0.3, 0.4) is 0 Å². The normalized spacial score (nSPS) is 9.75. The topological polar surface area (TPSA) is 56.0 Å². The highest BCUT2D eigenvalue weighted by Gasteiger charge is 2.03. The lowest BCUT2D eigenvalue weighted by atomic mass is 10.2. The Morgan fingerprint density at radius 2 is 2.42 bits per heavy atom. The van der Waals surface area contributed by atoms with Gasteiger partial charge in [0.1, 0.15) is 6.20 Å². The molecule has 0 bridgehead atoms. The van der Waals surface area contributed by atoms with Crippen LogP contribution in [0.4, 0.5) is 5.69 Å². The van der Waals surface area contributed by atoms with Crippen LogP contribution in [-0.2, 0) is 6.42 Å². The van der Waals surface area contributed by atoms with Crippen LogP contribution in [-0.4, -0.2) is 9.91 Å². The van der Waals surface area contributed by atoms with Gasteiger partial charge >= 0.3 is 0 Å². The average Bonchev–Trinajstić information content (AvgIpc) is 2.06. The minimum atomic E-state index is -0.452. The van der Waals surface area contributed by atoms with Crippen LogP contribution in [0.15, 0.2) is 18.3 Å². The van der Waals surface area contributed by atoms with Gasteiger partial charge in [0.25, 0.3) is 5.69 Å². The van der Waals surface area contributed by atoms with Crippen LogP contribution in [0.2, 0.25) is 0 Å². The predicted molar refractivity (Wildman–Crippen MR) is 44.6 cm³/mol. The Hall–Kier alpha value is -1.45. The van der Waals surface area contributed by atoms with E-state index in [9.17, 15) is 10.1 Å². The molecule has 0 fully saturated rings. The zero-order valence-corrected chi connectivity index (χ0v) is 6.73. The zero-order valence-electron chi connectivity index (χ0n) is 6.73. The fourth-order valence-corrected chi connectivity index (χ4v) is 0.855. The van der Waals surface area contributed by atoms with Gasteiger partial charge in [-0.25, -0.2) is 0 Å². The van der Waals surface area contributed by atoms with E-state index < -0.39 is 4.92 Å². The summed E-state index contributed by atoms with van der Waals surface area (Å²) in [5.74, 6) is 0. The van der Waals surface area contributed by atoms with Crippen molar-refractivity contribution >= 4 is 5.69 Å². The van der Waals surface area contributed by atoms with Gasteiger partial charge < -0.3 is 0 Å². The van der Waals surface area contributed by atoms with Crippen molar-refractivity contribution in [3.8, 4) is 0 Å². The molecule has 4 heteroatoms. The van der Waals surface area contributed by atoms with E-state index in [2.05, 4.69) is 4.98 Å². The second-order valence-corrected chi connectivity index (χ2v) is 2.38. The maximum atomic E-state index is 10.2. The van der Waals surface area contributed by atoms with Crippen LogP contribution in [0, 0.1) is 16.5 Å². The van der Waals surface area contributed by atoms with Crippen molar-refractivity contribution in [2.75, 3.05) is 0 Å². The van der Waals surface area contributed by atoms with Gasteiger partial charge in [0.05, 0.1) is 4.92 Å². The van der Waals surface area contributed by atoms with Gasteiger partial charge in [0.15, 0.2) is 0 Å². The monoisotopic (exact) mass is 165 g/mol. The summed E-state index contributed by atoms with van der Waals surface area (Å²) >= 11 is 0. The molecule has 1 heterocycles. The molecule has 0 saturated heterocycles. The van der Waals surface area contributed by atoms with E-state index in [1.807, 2.05) is 13.3 Å². The third-order valence-electron chi connectivity index (χ3n) is 1.43. The SMILES string of the molecule is C[CH]Cc1ccc([N+](=O)[O-])cn1. The number of hydrogen-bond donors (Lipinski definition) is 0. The molecule has 1 aromatic rings. The van der Waals surface area contributed by atoms with Gasteiger partial charge in [-0.05, 0) is 18.9 Å². The standard InChI is InChI=1S/C8H9N2O2/c1-2-3-7-4-5-8(6-9-7)10(11)12/h2,4-6H,3H2,1H3. The Kier molecular flexibility index (Phi) is 2.74. The number of nitrogens with zero attached hydrogens (tertiary/aromatic N) is 2. The first-order valence-electron chi connectivity index (χ1n) is 3.61. The molecule has 0 atom stereocenters. The molecule has 1 aromatic heterocycles. The third-order valence-corrected chi connectivity index (χ3v) is 1.43. The number of nitro groups is 1. The first-order chi connectivity index (χ1) is 5.74. The van der Waals surface area contributed by atoms with E-state index in [4.69, 9.17) is 0 Å². The molecule has 12 heavy (non-hydrogen) atoms. The highest BCUT2D eigenvalue weighted by Crippen LogP contribution is 2.09. The fraction of sp³-hybridized carbons (Fsp3) is 0.250. The van der Waals surface area contributed by atoms with Gasteiger partial charge in [-0.3, -0.25) is 15.1 Å². The summed E-state index contributed by atoms with van der Waals surface area (Å²) < 4.78 is 0. The summed E-state index contributed by atoms with van der Waals surface area (Å²) in [6, 6.07) is 3.13. The van der Waals surface area contributed by atoms with Crippen molar-refractivity contribution < 1.29 is 4.92 Å². The highest BCUT2D eigenvalue weighted by atomic mass is 16.6. The summed E-state index contributed by atoms with van der Waals surface area (Å²) in [5, 5.41) is 10.2. The Bertz CT molecular complexity index is 269. The Morgan fingerprint density at radius 3 is 2.83 bits per heavy atom. The Morgan fingerprint density at radius 1 is 1.67 bits per heavy atom. The lowest BCUT2D eigenvalue weighted by Gasteiger charge is -1.95. The molecule has 0 aliphatic rings. The molecule has 0 saturated carbocycles. The molecule has 0 spiro atoms. The largest absolute Gasteiger partial charge is 0.287 e. The Balaban J connectivity index is 2.78. The molecule has 0 amide bonds. The summed E-state index contributed by atoms with van der Waals surface area (Å²) in [5.41, 5.74) is 0.887. The quantitative estimate of drug-likeness (QED) is 0.506. The summed E-state index contributed by atoms with van der Waals surface area (Å²) in [4.78, 5) is 13.7. The average molecular weight is 165 g/mol. The van der Waals surface area contributed by atoms with Gasteiger partial charge in [-0.1, -0.05) is 6.92 Å². The second kappa shape index (κ2) is 3.80. The molecule has 1 rings (SSSR count). The van der Waals surface area contributed by atoms with Crippen molar-refractivity contribution in [3.05, 3.63) is 40.6 Å². The highest BCUT2D eigenvalue weighted by molar-refractivity contribution is 5.26. The van der Waals surface area contributed by atoms with E-state index >= 15 is 0 Å². The number of pyridine rings is 1. The number of hydrogen-bond acceptors (Lipinski definition) is 3. The van der Waals surface area contributed by atoms with E-state index in [0.29, 0.717) is 0 Å². The minimum Gasteiger partial charge on any atom is -0.258 e. The van der Waals surface area contributed by atoms with Crippen molar-refractivity contribution in [2.24, 2.45) is 0 Å².